The molecule has 0 aromatic carbocycles. The minimum Gasteiger partial charge on any atom is -0.370 e. The second-order valence-electron chi connectivity index (χ2n) is 5.46. The third-order valence-corrected chi connectivity index (χ3v) is 3.08. The smallest absolute Gasteiger partial charge is 0.208 e. The van der Waals surface area contributed by atoms with Crippen LogP contribution in [0.4, 0.5) is 5.82 Å². The average Bonchev–Trinajstić information content (AvgIpc) is 2.26. The highest BCUT2D eigenvalue weighted by atomic mass is 32.2. The van der Waals surface area contributed by atoms with Crippen LogP contribution in [0.15, 0.2) is 12.3 Å². The summed E-state index contributed by atoms with van der Waals surface area (Å²) >= 11 is 0. The fourth-order valence-corrected chi connectivity index (χ4v) is 1.90. The molecule has 1 aromatic rings. The molecule has 1 heterocycles. The second kappa shape index (κ2) is 6.29. The summed E-state index contributed by atoms with van der Waals surface area (Å²) in [5.41, 5.74) is -0.0878. The molecule has 19 heavy (non-hydrogen) atoms. The van der Waals surface area contributed by atoms with E-state index in [1.54, 1.807) is 12.3 Å². The van der Waals surface area contributed by atoms with Crippen LogP contribution >= 0.6 is 0 Å². The molecule has 0 bridgehead atoms. The van der Waals surface area contributed by atoms with Crippen LogP contribution < -0.4 is 10.0 Å². The zero-order valence-corrected chi connectivity index (χ0v) is 12.7. The Morgan fingerprint density at radius 1 is 1.26 bits per heavy atom. The molecule has 0 saturated carbocycles. The first kappa shape index (κ1) is 15.8. The molecule has 0 aliphatic heterocycles. The minimum absolute atomic E-state index is 0.0878. The molecule has 108 valence electrons. The van der Waals surface area contributed by atoms with Crippen LogP contribution in [-0.4, -0.2) is 37.7 Å². The highest BCUT2D eigenvalue weighted by Gasteiger charge is 2.17. The van der Waals surface area contributed by atoms with E-state index in [2.05, 4.69) is 40.8 Å². The van der Waals surface area contributed by atoms with Crippen LogP contribution in [0.2, 0.25) is 0 Å². The van der Waals surface area contributed by atoms with Gasteiger partial charge >= 0.3 is 0 Å². The quantitative estimate of drug-likeness (QED) is 0.766. The normalized spacial score (nSPS) is 12.4. The number of sulfonamides is 1. The molecule has 6 nitrogen and oxygen atoms in total. The lowest BCUT2D eigenvalue weighted by molar-refractivity contribution is 0.545. The molecule has 0 aliphatic carbocycles. The molecular formula is C12H22N4O2S. The summed E-state index contributed by atoms with van der Waals surface area (Å²) in [4.78, 5) is 8.67. The van der Waals surface area contributed by atoms with Crippen molar-refractivity contribution in [2.24, 2.45) is 0 Å². The first-order chi connectivity index (χ1) is 8.68. The van der Waals surface area contributed by atoms with Gasteiger partial charge in [-0.05, 0) is 12.5 Å². The van der Waals surface area contributed by atoms with E-state index in [0.717, 1.165) is 17.9 Å². The predicted octanol–water partition coefficient (Wildman–Crippen LogP) is 1.13. The lowest BCUT2D eigenvalue weighted by atomic mass is 9.96. The van der Waals surface area contributed by atoms with Gasteiger partial charge < -0.3 is 5.32 Å². The van der Waals surface area contributed by atoms with Crippen LogP contribution in [0.25, 0.3) is 0 Å². The molecule has 0 atom stereocenters. The van der Waals surface area contributed by atoms with E-state index >= 15 is 0 Å². The Balaban J connectivity index is 2.42. The molecule has 1 rings (SSSR count). The molecule has 0 fully saturated rings. The highest BCUT2D eigenvalue weighted by molar-refractivity contribution is 7.88. The Labute approximate surface area is 115 Å². The maximum Gasteiger partial charge on any atom is 0.208 e. The van der Waals surface area contributed by atoms with Crippen molar-refractivity contribution >= 4 is 15.8 Å². The second-order valence-corrected chi connectivity index (χ2v) is 7.30. The van der Waals surface area contributed by atoms with Crippen molar-refractivity contribution in [2.45, 2.75) is 32.6 Å². The van der Waals surface area contributed by atoms with Gasteiger partial charge in [-0.3, -0.25) is 0 Å². The van der Waals surface area contributed by atoms with Crippen LogP contribution in [0.3, 0.4) is 0 Å². The minimum atomic E-state index is -3.10. The summed E-state index contributed by atoms with van der Waals surface area (Å²) in [6.45, 7) is 7.25. The number of nitrogens with one attached hydrogen (secondary N) is 2. The largest absolute Gasteiger partial charge is 0.370 e. The Kier molecular flexibility index (Phi) is 5.25. The van der Waals surface area contributed by atoms with Crippen LogP contribution in [-0.2, 0) is 15.4 Å². The van der Waals surface area contributed by atoms with E-state index < -0.39 is 10.0 Å². The number of nitrogens with zero attached hydrogens (tertiary/aromatic N) is 2. The summed E-state index contributed by atoms with van der Waals surface area (Å²) in [5.74, 6) is 1.55. The number of hydrogen-bond donors (Lipinski definition) is 2. The Morgan fingerprint density at radius 3 is 2.53 bits per heavy atom. The first-order valence-electron chi connectivity index (χ1n) is 6.20. The summed E-state index contributed by atoms with van der Waals surface area (Å²) in [5, 5.41) is 3.16. The van der Waals surface area contributed by atoms with Crippen molar-refractivity contribution in [1.82, 2.24) is 14.7 Å². The monoisotopic (exact) mass is 286 g/mol. The Bertz CT molecular complexity index is 509. The van der Waals surface area contributed by atoms with Crippen molar-refractivity contribution in [3.63, 3.8) is 0 Å². The van der Waals surface area contributed by atoms with E-state index in [4.69, 9.17) is 0 Å². The first-order valence-corrected chi connectivity index (χ1v) is 8.10. The van der Waals surface area contributed by atoms with Gasteiger partial charge in [-0.25, -0.2) is 23.1 Å². The summed E-state index contributed by atoms with van der Waals surface area (Å²) in [6.07, 6.45) is 3.58. The molecule has 0 saturated heterocycles. The van der Waals surface area contributed by atoms with Gasteiger partial charge in [0.05, 0.1) is 6.26 Å². The Morgan fingerprint density at radius 2 is 1.95 bits per heavy atom. The van der Waals surface area contributed by atoms with E-state index in [-0.39, 0.29) is 5.41 Å². The van der Waals surface area contributed by atoms with Crippen molar-refractivity contribution < 1.29 is 8.42 Å². The number of hydrogen-bond acceptors (Lipinski definition) is 5. The van der Waals surface area contributed by atoms with Crippen LogP contribution in [0, 0.1) is 0 Å². The number of rotatable bonds is 6. The summed E-state index contributed by atoms with van der Waals surface area (Å²) in [6, 6.07) is 1.80. The van der Waals surface area contributed by atoms with Gasteiger partial charge in [-0.2, -0.15) is 0 Å². The SMILES string of the molecule is CC(C)(C)c1nccc(NCCCNS(C)(=O)=O)n1. The van der Waals surface area contributed by atoms with Gasteiger partial charge in [0.2, 0.25) is 10.0 Å². The molecule has 0 radical (unpaired) electrons. The van der Waals surface area contributed by atoms with E-state index in [9.17, 15) is 8.42 Å². The van der Waals surface area contributed by atoms with E-state index in [1.807, 2.05) is 0 Å². The van der Waals surface area contributed by atoms with Gasteiger partial charge in [-0.1, -0.05) is 20.8 Å². The highest BCUT2D eigenvalue weighted by Crippen LogP contribution is 2.18. The molecule has 2 N–H and O–H groups in total. The van der Waals surface area contributed by atoms with Gasteiger partial charge in [0.25, 0.3) is 0 Å². The molecule has 7 heteroatoms. The molecule has 0 aliphatic rings. The molecule has 0 unspecified atom stereocenters. The van der Waals surface area contributed by atoms with E-state index in [0.29, 0.717) is 19.5 Å². The molecule has 0 amide bonds. The summed E-state index contributed by atoms with van der Waals surface area (Å²) in [7, 11) is -3.10. The van der Waals surface area contributed by atoms with Gasteiger partial charge in [0, 0.05) is 24.7 Å². The fraction of sp³-hybridized carbons (Fsp3) is 0.667. The lowest BCUT2D eigenvalue weighted by Crippen LogP contribution is -2.24. The third kappa shape index (κ3) is 6.49. The van der Waals surface area contributed by atoms with Gasteiger partial charge in [0.1, 0.15) is 11.6 Å². The maximum absolute atomic E-state index is 10.9. The average molecular weight is 286 g/mol. The van der Waals surface area contributed by atoms with E-state index in [1.165, 1.54) is 0 Å². The zero-order chi connectivity index (χ0) is 14.5. The Hall–Kier alpha value is -1.21. The zero-order valence-electron chi connectivity index (χ0n) is 11.9. The number of aromatic nitrogens is 2. The van der Waals surface area contributed by atoms with Crippen molar-refractivity contribution in [2.75, 3.05) is 24.7 Å². The summed E-state index contributed by atoms with van der Waals surface area (Å²) < 4.78 is 24.2. The fourth-order valence-electron chi connectivity index (χ4n) is 1.38. The topological polar surface area (TPSA) is 84.0 Å². The van der Waals surface area contributed by atoms with Crippen LogP contribution in [0.1, 0.15) is 33.0 Å². The third-order valence-electron chi connectivity index (χ3n) is 2.35. The van der Waals surface area contributed by atoms with Crippen LogP contribution in [0.5, 0.6) is 0 Å². The van der Waals surface area contributed by atoms with Gasteiger partial charge in [0.15, 0.2) is 0 Å². The van der Waals surface area contributed by atoms with Crippen molar-refractivity contribution in [3.05, 3.63) is 18.1 Å². The standard InChI is InChI=1S/C12H22N4O2S/c1-12(2,3)11-14-9-6-10(16-11)13-7-5-8-15-19(4,17)18/h6,9,15H,5,7-8H2,1-4H3,(H,13,14,16). The molecule has 0 spiro atoms. The predicted molar refractivity (Wildman–Crippen MR) is 76.7 cm³/mol. The van der Waals surface area contributed by atoms with Crippen molar-refractivity contribution in [1.29, 1.82) is 0 Å². The lowest BCUT2D eigenvalue weighted by Gasteiger charge is -2.17. The number of anilines is 1. The molecular weight excluding hydrogens is 264 g/mol. The maximum atomic E-state index is 10.9. The molecule has 1 aromatic heterocycles. The van der Waals surface area contributed by atoms with Gasteiger partial charge in [-0.15, -0.1) is 0 Å². The van der Waals surface area contributed by atoms with Crippen molar-refractivity contribution in [3.8, 4) is 0 Å².